The number of benzene rings is 1. The Hall–Kier alpha value is -1.16. The van der Waals surface area contributed by atoms with Crippen LogP contribution in [0.4, 0.5) is 14.5 Å². The summed E-state index contributed by atoms with van der Waals surface area (Å²) in [7, 11) is 0. The van der Waals surface area contributed by atoms with E-state index in [0.717, 1.165) is 6.07 Å². The molecule has 0 aromatic heterocycles. The molecule has 0 radical (unpaired) electrons. The van der Waals surface area contributed by atoms with E-state index in [9.17, 15) is 8.78 Å². The molecule has 13 heavy (non-hydrogen) atoms. The lowest BCUT2D eigenvalue weighted by atomic mass is 10.1. The number of nitrogens with two attached hydrogens (primary N) is 2. The minimum atomic E-state index is -0.554. The fraction of sp³-hybridized carbons (Fsp3) is 0.333. The zero-order valence-corrected chi connectivity index (χ0v) is 6.98. The summed E-state index contributed by atoms with van der Waals surface area (Å²) in [4.78, 5) is 0. The van der Waals surface area contributed by atoms with Crippen molar-refractivity contribution in [3.63, 3.8) is 0 Å². The molecule has 0 fully saturated rings. The van der Waals surface area contributed by atoms with Gasteiger partial charge in [-0.25, -0.2) is 8.78 Å². The van der Waals surface area contributed by atoms with Gasteiger partial charge in [0.15, 0.2) is 5.82 Å². The molecule has 0 heterocycles. The van der Waals surface area contributed by atoms with Crippen molar-refractivity contribution >= 4 is 5.69 Å². The zero-order chi connectivity index (χ0) is 9.59. The summed E-state index contributed by atoms with van der Waals surface area (Å²) in [5.41, 5.74) is 11.4. The molecule has 0 amide bonds. The third kappa shape index (κ3) is 1.09. The van der Waals surface area contributed by atoms with Gasteiger partial charge in [0.2, 0.25) is 0 Å². The fourth-order valence-corrected chi connectivity index (χ4v) is 1.79. The van der Waals surface area contributed by atoms with Gasteiger partial charge in [0, 0.05) is 17.7 Å². The van der Waals surface area contributed by atoms with E-state index in [1.807, 2.05) is 0 Å². The van der Waals surface area contributed by atoms with Crippen molar-refractivity contribution in [1.29, 1.82) is 0 Å². The summed E-state index contributed by atoms with van der Waals surface area (Å²) in [6.07, 6.45) is 1.09. The maximum absolute atomic E-state index is 13.4. The van der Waals surface area contributed by atoms with E-state index in [1.165, 1.54) is 0 Å². The topological polar surface area (TPSA) is 52.0 Å². The number of rotatable bonds is 0. The van der Waals surface area contributed by atoms with Crippen LogP contribution >= 0.6 is 0 Å². The first-order chi connectivity index (χ1) is 6.11. The van der Waals surface area contributed by atoms with E-state index in [4.69, 9.17) is 11.5 Å². The van der Waals surface area contributed by atoms with Crippen LogP contribution in [0.1, 0.15) is 23.6 Å². The Morgan fingerprint density at radius 3 is 2.77 bits per heavy atom. The van der Waals surface area contributed by atoms with E-state index < -0.39 is 17.7 Å². The zero-order valence-electron chi connectivity index (χ0n) is 6.98. The average Bonchev–Trinajstić information content (AvgIpc) is 2.44. The molecule has 4 N–H and O–H groups in total. The Labute approximate surface area is 74.5 Å². The molecule has 1 aromatic rings. The molecule has 1 atom stereocenters. The maximum Gasteiger partial charge on any atom is 0.151 e. The average molecular weight is 184 g/mol. The van der Waals surface area contributed by atoms with E-state index >= 15 is 0 Å². The van der Waals surface area contributed by atoms with Crippen molar-refractivity contribution in [3.8, 4) is 0 Å². The predicted molar refractivity (Wildman–Crippen MR) is 46.0 cm³/mol. The molecule has 0 bridgehead atoms. The predicted octanol–water partition coefficient (Wildman–Crippen LogP) is 1.49. The van der Waals surface area contributed by atoms with E-state index in [-0.39, 0.29) is 11.3 Å². The van der Waals surface area contributed by atoms with Crippen LogP contribution in [0.2, 0.25) is 0 Å². The Morgan fingerprint density at radius 2 is 2.08 bits per heavy atom. The quantitative estimate of drug-likeness (QED) is 0.600. The van der Waals surface area contributed by atoms with Crippen LogP contribution in [0.15, 0.2) is 6.07 Å². The van der Waals surface area contributed by atoms with Gasteiger partial charge in [-0.2, -0.15) is 0 Å². The standard InChI is InChI=1S/C9H10F2N2/c10-5-3-7(13)9(11)8-4(5)1-2-6(8)12/h3,6H,1-2,12-13H2. The Morgan fingerprint density at radius 1 is 1.38 bits per heavy atom. The van der Waals surface area contributed by atoms with Crippen molar-refractivity contribution in [2.45, 2.75) is 18.9 Å². The molecule has 0 spiro atoms. The first kappa shape index (κ1) is 8.44. The Bertz CT molecular complexity index is 363. The number of anilines is 1. The first-order valence-electron chi connectivity index (χ1n) is 4.13. The number of halogens is 2. The van der Waals surface area contributed by atoms with Gasteiger partial charge in [-0.05, 0) is 18.4 Å². The highest BCUT2D eigenvalue weighted by atomic mass is 19.1. The number of nitrogen functional groups attached to an aromatic ring is 1. The van der Waals surface area contributed by atoms with Crippen molar-refractivity contribution < 1.29 is 8.78 Å². The lowest BCUT2D eigenvalue weighted by Gasteiger charge is -2.08. The highest BCUT2D eigenvalue weighted by Crippen LogP contribution is 2.35. The number of fused-ring (bicyclic) bond motifs is 1. The van der Waals surface area contributed by atoms with Crippen LogP contribution in [0, 0.1) is 11.6 Å². The van der Waals surface area contributed by atoms with Gasteiger partial charge in [-0.1, -0.05) is 0 Å². The van der Waals surface area contributed by atoms with Gasteiger partial charge >= 0.3 is 0 Å². The second kappa shape index (κ2) is 2.67. The lowest BCUT2D eigenvalue weighted by Crippen LogP contribution is -2.09. The summed E-state index contributed by atoms with van der Waals surface area (Å²) in [6.45, 7) is 0. The molecule has 0 saturated heterocycles. The van der Waals surface area contributed by atoms with Crippen molar-refractivity contribution in [2.24, 2.45) is 5.73 Å². The van der Waals surface area contributed by atoms with Crippen LogP contribution in [0.3, 0.4) is 0 Å². The van der Waals surface area contributed by atoms with Crippen LogP contribution < -0.4 is 11.5 Å². The second-order valence-corrected chi connectivity index (χ2v) is 3.30. The van der Waals surface area contributed by atoms with Gasteiger partial charge in [0.05, 0.1) is 5.69 Å². The number of hydrogen-bond acceptors (Lipinski definition) is 2. The SMILES string of the molecule is Nc1cc(F)c2c(c1F)C(N)CC2. The molecule has 1 aliphatic rings. The third-order valence-electron chi connectivity index (χ3n) is 2.46. The lowest BCUT2D eigenvalue weighted by molar-refractivity contribution is 0.579. The summed E-state index contributed by atoms with van der Waals surface area (Å²) >= 11 is 0. The summed E-state index contributed by atoms with van der Waals surface area (Å²) in [6, 6.07) is 0.611. The van der Waals surface area contributed by atoms with Crippen LogP contribution in [0.5, 0.6) is 0 Å². The molecule has 4 heteroatoms. The molecule has 0 saturated carbocycles. The van der Waals surface area contributed by atoms with E-state index in [2.05, 4.69) is 0 Å². The van der Waals surface area contributed by atoms with Gasteiger partial charge in [-0.3, -0.25) is 0 Å². The first-order valence-corrected chi connectivity index (χ1v) is 4.13. The number of hydrogen-bond donors (Lipinski definition) is 2. The minimum Gasteiger partial charge on any atom is -0.396 e. The van der Waals surface area contributed by atoms with Crippen molar-refractivity contribution in [1.82, 2.24) is 0 Å². The fourth-order valence-electron chi connectivity index (χ4n) is 1.79. The Balaban J connectivity index is 2.70. The van der Waals surface area contributed by atoms with Gasteiger partial charge in [0.25, 0.3) is 0 Å². The van der Waals surface area contributed by atoms with E-state index in [0.29, 0.717) is 18.4 Å². The molecule has 2 rings (SSSR count). The summed E-state index contributed by atoms with van der Waals surface area (Å²) in [5, 5.41) is 0. The van der Waals surface area contributed by atoms with Crippen molar-refractivity contribution in [3.05, 3.63) is 28.8 Å². The van der Waals surface area contributed by atoms with Crippen LogP contribution in [0.25, 0.3) is 0 Å². The summed E-state index contributed by atoms with van der Waals surface area (Å²) < 4.78 is 26.6. The smallest absolute Gasteiger partial charge is 0.151 e. The van der Waals surface area contributed by atoms with Gasteiger partial charge in [-0.15, -0.1) is 0 Å². The van der Waals surface area contributed by atoms with Crippen LogP contribution in [-0.4, -0.2) is 0 Å². The largest absolute Gasteiger partial charge is 0.396 e. The van der Waals surface area contributed by atoms with Gasteiger partial charge in [0.1, 0.15) is 5.82 Å². The molecular weight excluding hydrogens is 174 g/mol. The highest BCUT2D eigenvalue weighted by molar-refractivity contribution is 5.50. The van der Waals surface area contributed by atoms with Gasteiger partial charge < -0.3 is 11.5 Å². The molecule has 1 aliphatic carbocycles. The Kier molecular flexibility index (Phi) is 1.73. The normalized spacial score (nSPS) is 20.4. The molecular formula is C9H10F2N2. The molecule has 70 valence electrons. The highest BCUT2D eigenvalue weighted by Gasteiger charge is 2.27. The third-order valence-corrected chi connectivity index (χ3v) is 2.46. The molecule has 2 nitrogen and oxygen atoms in total. The summed E-state index contributed by atoms with van der Waals surface area (Å²) in [5.74, 6) is -0.997. The van der Waals surface area contributed by atoms with Crippen molar-refractivity contribution in [2.75, 3.05) is 5.73 Å². The maximum atomic E-state index is 13.4. The van der Waals surface area contributed by atoms with Crippen LogP contribution in [-0.2, 0) is 6.42 Å². The monoisotopic (exact) mass is 184 g/mol. The molecule has 0 aliphatic heterocycles. The minimum absolute atomic E-state index is 0.159. The second-order valence-electron chi connectivity index (χ2n) is 3.30. The molecule has 1 unspecified atom stereocenters. The molecule has 1 aromatic carbocycles. The van der Waals surface area contributed by atoms with E-state index in [1.54, 1.807) is 0 Å².